The van der Waals surface area contributed by atoms with Crippen LogP contribution in [-0.4, -0.2) is 48.7 Å². The highest BCUT2D eigenvalue weighted by Crippen LogP contribution is 2.20. The van der Waals surface area contributed by atoms with Crippen LogP contribution >= 0.6 is 11.6 Å². The molecule has 0 spiro atoms. The van der Waals surface area contributed by atoms with E-state index in [1.54, 1.807) is 0 Å². The van der Waals surface area contributed by atoms with Gasteiger partial charge in [-0.25, -0.2) is 0 Å². The molecule has 0 amide bonds. The van der Waals surface area contributed by atoms with E-state index in [1.165, 1.54) is 5.69 Å². The van der Waals surface area contributed by atoms with E-state index < -0.39 is 0 Å². The number of oxime groups is 1. The molecule has 0 aromatic heterocycles. The summed E-state index contributed by atoms with van der Waals surface area (Å²) in [6.07, 6.45) is 0. The summed E-state index contributed by atoms with van der Waals surface area (Å²) in [7, 11) is 0. The Morgan fingerprint density at radius 3 is 2.70 bits per heavy atom. The fourth-order valence-electron chi connectivity index (χ4n) is 2.44. The lowest BCUT2D eigenvalue weighted by Gasteiger charge is -2.37. The van der Waals surface area contributed by atoms with Crippen molar-refractivity contribution in [1.29, 1.82) is 0 Å². The number of amidine groups is 1. The van der Waals surface area contributed by atoms with Crippen LogP contribution in [0.5, 0.6) is 0 Å². The lowest BCUT2D eigenvalue weighted by molar-refractivity contribution is 0.240. The van der Waals surface area contributed by atoms with Gasteiger partial charge in [0.25, 0.3) is 0 Å². The van der Waals surface area contributed by atoms with E-state index in [2.05, 4.69) is 21.0 Å². The van der Waals surface area contributed by atoms with Gasteiger partial charge in [0.05, 0.1) is 0 Å². The maximum atomic E-state index is 8.68. The standard InChI is InChI=1S/C14H21ClN4O/c1-11(14(16)17-20)10-18-5-7-19(8-6-18)13-4-2-3-12(15)9-13/h2-4,9,11,20H,5-8,10H2,1H3,(H2,16,17). The maximum absolute atomic E-state index is 8.68. The summed E-state index contributed by atoms with van der Waals surface area (Å²) in [6, 6.07) is 7.95. The first-order valence-corrected chi connectivity index (χ1v) is 7.18. The molecule has 0 radical (unpaired) electrons. The Balaban J connectivity index is 1.86. The van der Waals surface area contributed by atoms with Crippen LogP contribution in [-0.2, 0) is 0 Å². The number of hydrogen-bond donors (Lipinski definition) is 2. The van der Waals surface area contributed by atoms with Crippen molar-refractivity contribution in [3.05, 3.63) is 29.3 Å². The van der Waals surface area contributed by atoms with Crippen LogP contribution < -0.4 is 10.6 Å². The van der Waals surface area contributed by atoms with Crippen molar-refractivity contribution >= 4 is 23.1 Å². The average molecular weight is 297 g/mol. The van der Waals surface area contributed by atoms with Gasteiger partial charge in [-0.3, -0.25) is 4.90 Å². The molecule has 2 rings (SSSR count). The molecule has 0 saturated carbocycles. The summed E-state index contributed by atoms with van der Waals surface area (Å²) < 4.78 is 0. The van der Waals surface area contributed by atoms with Gasteiger partial charge in [-0.05, 0) is 18.2 Å². The zero-order chi connectivity index (χ0) is 14.5. The Hall–Kier alpha value is -1.46. The van der Waals surface area contributed by atoms with Crippen LogP contribution in [0.25, 0.3) is 0 Å². The number of anilines is 1. The molecule has 1 heterocycles. The molecular formula is C14H21ClN4O. The van der Waals surface area contributed by atoms with E-state index >= 15 is 0 Å². The van der Waals surface area contributed by atoms with Gasteiger partial charge in [-0.15, -0.1) is 0 Å². The van der Waals surface area contributed by atoms with Crippen LogP contribution in [0.1, 0.15) is 6.92 Å². The average Bonchev–Trinajstić information content (AvgIpc) is 2.47. The first-order valence-electron chi connectivity index (χ1n) is 6.80. The highest BCUT2D eigenvalue weighted by molar-refractivity contribution is 6.30. The van der Waals surface area contributed by atoms with Crippen molar-refractivity contribution in [2.45, 2.75) is 6.92 Å². The minimum absolute atomic E-state index is 0.0673. The van der Waals surface area contributed by atoms with Crippen LogP contribution in [0.3, 0.4) is 0 Å². The van der Waals surface area contributed by atoms with Gasteiger partial charge in [-0.2, -0.15) is 0 Å². The minimum atomic E-state index is 0.0673. The van der Waals surface area contributed by atoms with Gasteiger partial charge in [0, 0.05) is 49.4 Å². The van der Waals surface area contributed by atoms with Gasteiger partial charge >= 0.3 is 0 Å². The van der Waals surface area contributed by atoms with Gasteiger partial charge in [-0.1, -0.05) is 29.7 Å². The van der Waals surface area contributed by atoms with Gasteiger partial charge < -0.3 is 15.8 Å². The second kappa shape index (κ2) is 6.81. The topological polar surface area (TPSA) is 65.1 Å². The number of hydrogen-bond acceptors (Lipinski definition) is 4. The Bertz CT molecular complexity index is 472. The molecule has 0 bridgehead atoms. The third-order valence-corrected chi connectivity index (χ3v) is 3.93. The molecule has 1 unspecified atom stereocenters. The monoisotopic (exact) mass is 296 g/mol. The Morgan fingerprint density at radius 1 is 1.40 bits per heavy atom. The highest BCUT2D eigenvalue weighted by Gasteiger charge is 2.20. The lowest BCUT2D eigenvalue weighted by atomic mass is 10.1. The van der Waals surface area contributed by atoms with Gasteiger partial charge in [0.1, 0.15) is 5.84 Å². The summed E-state index contributed by atoms with van der Waals surface area (Å²) in [6.45, 7) is 6.65. The first-order chi connectivity index (χ1) is 9.60. The lowest BCUT2D eigenvalue weighted by Crippen LogP contribution is -2.48. The zero-order valence-electron chi connectivity index (χ0n) is 11.7. The molecule has 110 valence electrons. The SMILES string of the molecule is CC(CN1CCN(c2cccc(Cl)c2)CC1)/C(N)=N/O. The molecule has 0 aliphatic carbocycles. The quantitative estimate of drug-likeness (QED) is 0.385. The van der Waals surface area contributed by atoms with Crippen molar-refractivity contribution < 1.29 is 5.21 Å². The first kappa shape index (κ1) is 14.9. The second-order valence-electron chi connectivity index (χ2n) is 5.19. The zero-order valence-corrected chi connectivity index (χ0v) is 12.4. The molecule has 1 fully saturated rings. The fraction of sp³-hybridized carbons (Fsp3) is 0.500. The third kappa shape index (κ3) is 3.77. The number of rotatable bonds is 4. The van der Waals surface area contributed by atoms with Crippen LogP contribution in [0.2, 0.25) is 5.02 Å². The summed E-state index contributed by atoms with van der Waals surface area (Å²) in [5.41, 5.74) is 6.79. The van der Waals surface area contributed by atoms with E-state index in [9.17, 15) is 0 Å². The Kier molecular flexibility index (Phi) is 5.09. The number of benzene rings is 1. The molecule has 6 heteroatoms. The van der Waals surface area contributed by atoms with Crippen molar-refractivity contribution in [2.24, 2.45) is 16.8 Å². The van der Waals surface area contributed by atoms with E-state index in [1.807, 2.05) is 25.1 Å². The smallest absolute Gasteiger partial charge is 0.143 e. The van der Waals surface area contributed by atoms with E-state index in [0.717, 1.165) is 37.7 Å². The summed E-state index contributed by atoms with van der Waals surface area (Å²) in [4.78, 5) is 4.67. The number of nitrogens with two attached hydrogens (primary N) is 1. The fourth-order valence-corrected chi connectivity index (χ4v) is 2.63. The predicted molar refractivity (Wildman–Crippen MR) is 82.7 cm³/mol. The van der Waals surface area contributed by atoms with Crippen molar-refractivity contribution in [3.63, 3.8) is 0 Å². The third-order valence-electron chi connectivity index (χ3n) is 3.70. The molecule has 1 saturated heterocycles. The second-order valence-corrected chi connectivity index (χ2v) is 5.63. The molecule has 1 aromatic rings. The number of piperazine rings is 1. The van der Waals surface area contributed by atoms with Crippen LogP contribution in [0, 0.1) is 5.92 Å². The van der Waals surface area contributed by atoms with Crippen LogP contribution in [0.4, 0.5) is 5.69 Å². The van der Waals surface area contributed by atoms with Crippen molar-refractivity contribution in [1.82, 2.24) is 4.90 Å². The molecule has 1 aliphatic rings. The summed E-state index contributed by atoms with van der Waals surface area (Å²) >= 11 is 6.02. The van der Waals surface area contributed by atoms with E-state index in [-0.39, 0.29) is 5.92 Å². The van der Waals surface area contributed by atoms with E-state index in [0.29, 0.717) is 5.84 Å². The Morgan fingerprint density at radius 2 is 2.10 bits per heavy atom. The van der Waals surface area contributed by atoms with Crippen molar-refractivity contribution in [2.75, 3.05) is 37.6 Å². The maximum Gasteiger partial charge on any atom is 0.143 e. The molecule has 20 heavy (non-hydrogen) atoms. The number of halogens is 1. The van der Waals surface area contributed by atoms with E-state index in [4.69, 9.17) is 22.5 Å². The molecule has 1 aliphatic heterocycles. The normalized spacial score (nSPS) is 19.1. The predicted octanol–water partition coefficient (Wildman–Crippen LogP) is 1.84. The highest BCUT2D eigenvalue weighted by atomic mass is 35.5. The molecular weight excluding hydrogens is 276 g/mol. The molecule has 1 aromatic carbocycles. The van der Waals surface area contributed by atoms with Gasteiger partial charge in [0.2, 0.25) is 0 Å². The Labute approximate surface area is 124 Å². The van der Waals surface area contributed by atoms with Crippen LogP contribution in [0.15, 0.2) is 29.4 Å². The van der Waals surface area contributed by atoms with Gasteiger partial charge in [0.15, 0.2) is 0 Å². The van der Waals surface area contributed by atoms with Crippen molar-refractivity contribution in [3.8, 4) is 0 Å². The largest absolute Gasteiger partial charge is 0.409 e. The molecule has 5 nitrogen and oxygen atoms in total. The summed E-state index contributed by atoms with van der Waals surface area (Å²) in [5, 5.41) is 12.5. The molecule has 1 atom stereocenters. The molecule has 3 N–H and O–H groups in total. The number of nitrogens with zero attached hydrogens (tertiary/aromatic N) is 3. The minimum Gasteiger partial charge on any atom is -0.409 e. The summed E-state index contributed by atoms with van der Waals surface area (Å²) in [5.74, 6) is 0.361.